The summed E-state index contributed by atoms with van der Waals surface area (Å²) in [4.78, 5) is 8.55. The Bertz CT molecular complexity index is 649. The minimum Gasteiger partial charge on any atom is -0.383 e. The van der Waals surface area contributed by atoms with Gasteiger partial charge in [-0.15, -0.1) is 0 Å². The van der Waals surface area contributed by atoms with Crippen LogP contribution in [-0.4, -0.2) is 9.97 Å². The molecule has 0 aliphatic rings. The lowest BCUT2D eigenvalue weighted by Gasteiger charge is -2.14. The van der Waals surface area contributed by atoms with Crippen molar-refractivity contribution in [2.24, 2.45) is 0 Å². The Hall–Kier alpha value is -1.56. The lowest BCUT2D eigenvalue weighted by atomic mass is 10.0. The predicted molar refractivity (Wildman–Crippen MR) is 78.3 cm³/mol. The molecule has 20 heavy (non-hydrogen) atoms. The van der Waals surface area contributed by atoms with Gasteiger partial charge in [-0.25, -0.2) is 18.7 Å². The largest absolute Gasteiger partial charge is 0.383 e. The number of hydrogen-bond donors (Lipinski definition) is 1. The van der Waals surface area contributed by atoms with Gasteiger partial charge in [0.2, 0.25) is 0 Å². The normalized spacial score (nSPS) is 11.2. The zero-order valence-corrected chi connectivity index (χ0v) is 12.9. The number of nitrogens with two attached hydrogens (primary N) is 1. The van der Waals surface area contributed by atoms with Gasteiger partial charge in [-0.3, -0.25) is 0 Å². The molecule has 3 nitrogen and oxygen atoms in total. The molecule has 0 aliphatic heterocycles. The van der Waals surface area contributed by atoms with Crippen LogP contribution in [0.5, 0.6) is 0 Å². The Kier molecular flexibility index (Phi) is 4.04. The second kappa shape index (κ2) is 5.44. The highest BCUT2D eigenvalue weighted by Crippen LogP contribution is 2.32. The highest BCUT2D eigenvalue weighted by atomic mass is 79.9. The minimum atomic E-state index is -0.963. The predicted octanol–water partition coefficient (Wildman–Crippen LogP) is 4.20. The molecule has 0 radical (unpaired) electrons. The molecule has 0 atom stereocenters. The molecule has 2 aromatic rings. The van der Waals surface area contributed by atoms with Crippen molar-refractivity contribution >= 4 is 21.7 Å². The van der Waals surface area contributed by atoms with Crippen LogP contribution in [0.2, 0.25) is 0 Å². The van der Waals surface area contributed by atoms with E-state index < -0.39 is 11.6 Å². The number of rotatable bonds is 2. The Morgan fingerprint density at radius 2 is 1.85 bits per heavy atom. The van der Waals surface area contributed by atoms with E-state index in [1.807, 2.05) is 20.8 Å². The maximum absolute atomic E-state index is 13.6. The van der Waals surface area contributed by atoms with E-state index in [-0.39, 0.29) is 16.2 Å². The van der Waals surface area contributed by atoms with Gasteiger partial charge in [0, 0.05) is 16.8 Å². The monoisotopic (exact) mass is 341 g/mol. The van der Waals surface area contributed by atoms with Crippen molar-refractivity contribution in [3.63, 3.8) is 0 Å². The van der Waals surface area contributed by atoms with Gasteiger partial charge in [0.25, 0.3) is 0 Å². The molecule has 0 saturated carbocycles. The summed E-state index contributed by atoms with van der Waals surface area (Å²) in [5.74, 6) is -1.06. The Labute approximate surface area is 124 Å². The van der Waals surface area contributed by atoms with Crippen molar-refractivity contribution in [1.29, 1.82) is 0 Å². The van der Waals surface area contributed by atoms with E-state index in [1.165, 1.54) is 6.07 Å². The summed E-state index contributed by atoms with van der Waals surface area (Å²) in [6.07, 6.45) is 0. The van der Waals surface area contributed by atoms with Gasteiger partial charge in [-0.05, 0) is 40.9 Å². The van der Waals surface area contributed by atoms with Crippen molar-refractivity contribution in [3.05, 3.63) is 39.5 Å². The smallest absolute Gasteiger partial charge is 0.173 e. The fourth-order valence-corrected chi connectivity index (χ4v) is 2.64. The first-order valence-corrected chi connectivity index (χ1v) is 6.90. The van der Waals surface area contributed by atoms with E-state index in [0.29, 0.717) is 11.4 Å². The number of anilines is 1. The number of halogens is 3. The van der Waals surface area contributed by atoms with Crippen molar-refractivity contribution in [3.8, 4) is 11.4 Å². The van der Waals surface area contributed by atoms with Crippen molar-refractivity contribution in [2.45, 2.75) is 26.7 Å². The van der Waals surface area contributed by atoms with Crippen LogP contribution in [-0.2, 0) is 0 Å². The molecule has 0 saturated heterocycles. The number of nitrogen functional groups attached to an aromatic ring is 1. The van der Waals surface area contributed by atoms with Gasteiger partial charge in [0.1, 0.15) is 5.82 Å². The average Bonchev–Trinajstić information content (AvgIpc) is 2.34. The maximum atomic E-state index is 13.6. The van der Waals surface area contributed by atoms with E-state index in [9.17, 15) is 8.78 Å². The van der Waals surface area contributed by atoms with Crippen LogP contribution in [0.1, 0.15) is 31.0 Å². The first-order valence-electron chi connectivity index (χ1n) is 6.10. The second-order valence-electron chi connectivity index (χ2n) is 4.81. The van der Waals surface area contributed by atoms with E-state index in [2.05, 4.69) is 25.9 Å². The van der Waals surface area contributed by atoms with Gasteiger partial charge in [0.05, 0.1) is 4.47 Å². The lowest BCUT2D eigenvalue weighted by Crippen LogP contribution is -2.07. The van der Waals surface area contributed by atoms with Gasteiger partial charge < -0.3 is 5.73 Å². The molecule has 106 valence electrons. The molecule has 6 heteroatoms. The third-order valence-corrected chi connectivity index (χ3v) is 3.79. The zero-order chi connectivity index (χ0) is 15.0. The van der Waals surface area contributed by atoms with Gasteiger partial charge in [-0.1, -0.05) is 13.8 Å². The SMILES string of the molecule is Cc1nc(-c2ccc(F)c(F)c2Br)nc(N)c1C(C)C. The highest BCUT2D eigenvalue weighted by molar-refractivity contribution is 9.10. The Balaban J connectivity index is 2.63. The summed E-state index contributed by atoms with van der Waals surface area (Å²) in [5.41, 5.74) is 7.92. The van der Waals surface area contributed by atoms with E-state index in [1.54, 1.807) is 0 Å². The average molecular weight is 342 g/mol. The number of aromatic nitrogens is 2. The van der Waals surface area contributed by atoms with Gasteiger partial charge in [-0.2, -0.15) is 0 Å². The molecule has 2 N–H and O–H groups in total. The van der Waals surface area contributed by atoms with E-state index in [0.717, 1.165) is 17.3 Å². The molecular weight excluding hydrogens is 328 g/mol. The second-order valence-corrected chi connectivity index (χ2v) is 5.60. The third kappa shape index (κ3) is 2.52. The molecule has 1 heterocycles. The number of benzene rings is 1. The number of nitrogens with zero attached hydrogens (tertiary/aromatic N) is 2. The van der Waals surface area contributed by atoms with Crippen LogP contribution < -0.4 is 5.73 Å². The number of hydrogen-bond acceptors (Lipinski definition) is 3. The van der Waals surface area contributed by atoms with Crippen LogP contribution >= 0.6 is 15.9 Å². The summed E-state index contributed by atoms with van der Waals surface area (Å²) in [6.45, 7) is 5.81. The van der Waals surface area contributed by atoms with Crippen molar-refractivity contribution in [1.82, 2.24) is 9.97 Å². The van der Waals surface area contributed by atoms with Gasteiger partial charge in [0.15, 0.2) is 17.5 Å². The fourth-order valence-electron chi connectivity index (χ4n) is 2.14. The van der Waals surface area contributed by atoms with Gasteiger partial charge >= 0.3 is 0 Å². The molecule has 0 bridgehead atoms. The molecule has 0 unspecified atom stereocenters. The van der Waals surface area contributed by atoms with Crippen LogP contribution in [0.15, 0.2) is 16.6 Å². The summed E-state index contributed by atoms with van der Waals surface area (Å²) in [6, 6.07) is 2.46. The minimum absolute atomic E-state index is 0.00593. The van der Waals surface area contributed by atoms with Crippen LogP contribution in [0.25, 0.3) is 11.4 Å². The van der Waals surface area contributed by atoms with Crippen LogP contribution in [0.4, 0.5) is 14.6 Å². The van der Waals surface area contributed by atoms with Crippen molar-refractivity contribution < 1.29 is 8.78 Å². The zero-order valence-electron chi connectivity index (χ0n) is 11.3. The summed E-state index contributed by atoms with van der Waals surface area (Å²) in [7, 11) is 0. The lowest BCUT2D eigenvalue weighted by molar-refractivity contribution is 0.504. The van der Waals surface area contributed by atoms with Crippen LogP contribution in [0.3, 0.4) is 0 Å². The Morgan fingerprint density at radius 3 is 2.40 bits per heavy atom. The molecule has 0 fully saturated rings. The molecule has 0 spiro atoms. The molecule has 1 aromatic heterocycles. The molecule has 0 aliphatic carbocycles. The standard InChI is InChI=1S/C14H14BrF2N3/c1-6(2)10-7(3)19-14(20-13(10)18)8-4-5-9(16)12(17)11(8)15/h4-6H,1-3H3,(H2,18,19,20). The van der Waals surface area contributed by atoms with E-state index in [4.69, 9.17) is 5.73 Å². The molecule has 2 rings (SSSR count). The summed E-state index contributed by atoms with van der Waals surface area (Å²) in [5, 5.41) is 0. The molecular formula is C14H14BrF2N3. The highest BCUT2D eigenvalue weighted by Gasteiger charge is 2.18. The maximum Gasteiger partial charge on any atom is 0.173 e. The summed E-state index contributed by atoms with van der Waals surface area (Å²) < 4.78 is 26.7. The van der Waals surface area contributed by atoms with Crippen LogP contribution in [0, 0.1) is 18.6 Å². The Morgan fingerprint density at radius 1 is 1.20 bits per heavy atom. The molecule has 1 aromatic carbocycles. The fraction of sp³-hybridized carbons (Fsp3) is 0.286. The first kappa shape index (κ1) is 14.8. The molecule has 0 amide bonds. The number of aryl methyl sites for hydroxylation is 1. The van der Waals surface area contributed by atoms with E-state index >= 15 is 0 Å². The topological polar surface area (TPSA) is 51.8 Å². The first-order chi connectivity index (χ1) is 9.32. The quantitative estimate of drug-likeness (QED) is 0.833. The van der Waals surface area contributed by atoms with Crippen molar-refractivity contribution in [2.75, 3.05) is 5.73 Å². The summed E-state index contributed by atoms with van der Waals surface area (Å²) >= 11 is 3.03. The third-order valence-electron chi connectivity index (χ3n) is 3.02.